The largest absolute Gasteiger partial charge is 0.477 e. The van der Waals surface area contributed by atoms with Crippen LogP contribution in [0.5, 0.6) is 0 Å². The van der Waals surface area contributed by atoms with E-state index in [2.05, 4.69) is 15.4 Å². The average molecular weight is 328 g/mol. The molecule has 21 heavy (non-hydrogen) atoms. The van der Waals surface area contributed by atoms with E-state index in [4.69, 9.17) is 0 Å². The summed E-state index contributed by atoms with van der Waals surface area (Å²) in [6, 6.07) is 0. The highest BCUT2D eigenvalue weighted by molar-refractivity contribution is 8.06. The summed E-state index contributed by atoms with van der Waals surface area (Å²) in [4.78, 5) is 25.3. The van der Waals surface area contributed by atoms with Crippen LogP contribution >= 0.6 is 23.5 Å². The van der Waals surface area contributed by atoms with Gasteiger partial charge in [0.2, 0.25) is 5.91 Å². The smallest absolute Gasteiger partial charge is 0.353 e. The van der Waals surface area contributed by atoms with Crippen molar-refractivity contribution in [2.45, 2.75) is 23.4 Å². The zero-order valence-corrected chi connectivity index (χ0v) is 12.5. The number of aliphatic hydroxyl groups is 1. The Balaban J connectivity index is 1.79. The maximum atomic E-state index is 12.0. The molecule has 0 saturated carbocycles. The molecule has 0 bridgehead atoms. The Hall–Kier alpha value is -1.52. The number of nitrogens with one attached hydrogen (secondary N) is 1. The van der Waals surface area contributed by atoms with E-state index >= 15 is 0 Å². The number of β-lactam (4-membered cyclic amide) rings is 1. The van der Waals surface area contributed by atoms with Crippen LogP contribution in [0.4, 0.5) is 0 Å². The lowest BCUT2D eigenvalue weighted by Gasteiger charge is -2.43. The van der Waals surface area contributed by atoms with Crippen LogP contribution in [0.1, 0.15) is 6.92 Å². The molecule has 1 aromatic heterocycles. The standard InChI is InChI=1S/C11H12N4O4S2/c1-4(16)7-9(17)15-8(11(18)19)5(21-10(7)15)3-20-6-2-12-14-13-6/h2,4,7,10,16H,3H2,1H3,(H,18,19)(H,12,13,14)/t4?,7-,10+/m0/s1. The minimum absolute atomic E-state index is 0.0203. The molecule has 8 nitrogen and oxygen atoms in total. The molecule has 1 unspecified atom stereocenters. The molecule has 2 aliphatic rings. The van der Waals surface area contributed by atoms with Gasteiger partial charge in [0.1, 0.15) is 16.1 Å². The number of aromatic nitrogens is 3. The van der Waals surface area contributed by atoms with Crippen LogP contribution in [0.25, 0.3) is 0 Å². The van der Waals surface area contributed by atoms with Crippen molar-refractivity contribution in [3.8, 4) is 0 Å². The second-order valence-electron chi connectivity index (χ2n) is 4.67. The molecular weight excluding hydrogens is 316 g/mol. The molecule has 1 amide bonds. The van der Waals surface area contributed by atoms with E-state index in [1.807, 2.05) is 0 Å². The molecular formula is C11H12N4O4S2. The number of carbonyl (C=O) groups is 2. The summed E-state index contributed by atoms with van der Waals surface area (Å²) >= 11 is 2.69. The Morgan fingerprint density at radius 3 is 3.00 bits per heavy atom. The van der Waals surface area contributed by atoms with Crippen LogP contribution < -0.4 is 0 Å². The molecule has 3 rings (SSSR count). The molecule has 3 heterocycles. The number of nitrogens with zero attached hydrogens (tertiary/aromatic N) is 3. The number of aliphatic carboxylic acids is 1. The monoisotopic (exact) mass is 328 g/mol. The number of carboxylic acids is 1. The van der Waals surface area contributed by atoms with E-state index in [9.17, 15) is 19.8 Å². The summed E-state index contributed by atoms with van der Waals surface area (Å²) in [5, 5.41) is 29.3. The summed E-state index contributed by atoms with van der Waals surface area (Å²) < 4.78 is 0. The molecule has 112 valence electrons. The van der Waals surface area contributed by atoms with Gasteiger partial charge in [-0.2, -0.15) is 0 Å². The zero-order valence-electron chi connectivity index (χ0n) is 10.9. The van der Waals surface area contributed by atoms with E-state index in [1.165, 1.54) is 28.4 Å². The fourth-order valence-corrected chi connectivity index (χ4v) is 4.85. The zero-order chi connectivity index (χ0) is 15.1. The Morgan fingerprint density at radius 2 is 2.43 bits per heavy atom. The third kappa shape index (κ3) is 2.32. The van der Waals surface area contributed by atoms with Crippen LogP contribution in [-0.4, -0.2) is 59.6 Å². The molecule has 0 spiro atoms. The topological polar surface area (TPSA) is 119 Å². The quantitative estimate of drug-likeness (QED) is 0.514. The molecule has 3 atom stereocenters. The van der Waals surface area contributed by atoms with Crippen molar-refractivity contribution in [2.75, 3.05) is 5.75 Å². The average Bonchev–Trinajstić information content (AvgIpc) is 3.01. The minimum atomic E-state index is -1.12. The van der Waals surface area contributed by atoms with Gasteiger partial charge >= 0.3 is 5.97 Å². The second kappa shape index (κ2) is 5.35. The van der Waals surface area contributed by atoms with Crippen molar-refractivity contribution in [2.24, 2.45) is 5.92 Å². The normalized spacial score (nSPS) is 25.8. The van der Waals surface area contributed by atoms with Crippen molar-refractivity contribution >= 4 is 35.4 Å². The molecule has 0 radical (unpaired) electrons. The van der Waals surface area contributed by atoms with Crippen LogP contribution in [0.3, 0.4) is 0 Å². The first-order valence-corrected chi connectivity index (χ1v) is 8.00. The summed E-state index contributed by atoms with van der Waals surface area (Å²) in [6.07, 6.45) is 0.759. The fourth-order valence-electron chi connectivity index (χ4n) is 2.36. The minimum Gasteiger partial charge on any atom is -0.477 e. The van der Waals surface area contributed by atoms with Crippen molar-refractivity contribution in [1.82, 2.24) is 20.3 Å². The number of carboxylic acid groups (broad SMARTS) is 1. The lowest BCUT2D eigenvalue weighted by Crippen LogP contribution is -2.60. The Bertz CT molecular complexity index is 616. The highest BCUT2D eigenvalue weighted by Crippen LogP contribution is 2.51. The molecule has 1 fully saturated rings. The first-order chi connectivity index (χ1) is 10.0. The van der Waals surface area contributed by atoms with Crippen molar-refractivity contribution < 1.29 is 19.8 Å². The first-order valence-electron chi connectivity index (χ1n) is 6.13. The van der Waals surface area contributed by atoms with Gasteiger partial charge in [0.25, 0.3) is 0 Å². The van der Waals surface area contributed by atoms with Crippen molar-refractivity contribution in [3.63, 3.8) is 0 Å². The third-order valence-corrected chi connectivity index (χ3v) is 5.82. The molecule has 1 aromatic rings. The lowest BCUT2D eigenvalue weighted by atomic mass is 9.92. The molecule has 0 aromatic carbocycles. The molecule has 3 N–H and O–H groups in total. The Labute approximate surface area is 128 Å². The van der Waals surface area contributed by atoms with Gasteiger partial charge in [-0.1, -0.05) is 17.0 Å². The van der Waals surface area contributed by atoms with Gasteiger partial charge in [-0.15, -0.1) is 16.9 Å². The Kier molecular flexibility index (Phi) is 3.68. The summed E-state index contributed by atoms with van der Waals surface area (Å²) in [5.41, 5.74) is 0.0203. The van der Waals surface area contributed by atoms with Crippen LogP contribution in [0.2, 0.25) is 0 Å². The van der Waals surface area contributed by atoms with Gasteiger partial charge < -0.3 is 10.2 Å². The number of rotatable bonds is 5. The SMILES string of the molecule is CC(O)[C@H]1C(=O)N2C(C(=O)O)=C(CSc3cnn[nH]3)S[C@H]12. The second-order valence-corrected chi connectivity index (χ2v) is 6.90. The van der Waals surface area contributed by atoms with Crippen molar-refractivity contribution in [1.29, 1.82) is 0 Å². The van der Waals surface area contributed by atoms with E-state index in [1.54, 1.807) is 13.1 Å². The molecule has 0 aliphatic carbocycles. The Morgan fingerprint density at radius 1 is 1.67 bits per heavy atom. The van der Waals surface area contributed by atoms with Gasteiger partial charge in [-0.05, 0) is 6.92 Å². The molecule has 2 aliphatic heterocycles. The molecule has 1 saturated heterocycles. The third-order valence-electron chi connectivity index (χ3n) is 3.33. The highest BCUT2D eigenvalue weighted by Gasteiger charge is 2.57. The highest BCUT2D eigenvalue weighted by atomic mass is 32.2. The van der Waals surface area contributed by atoms with E-state index in [0.29, 0.717) is 10.7 Å². The van der Waals surface area contributed by atoms with E-state index in [-0.39, 0.29) is 17.0 Å². The predicted molar refractivity (Wildman–Crippen MR) is 75.2 cm³/mol. The summed E-state index contributed by atoms with van der Waals surface area (Å²) in [6.45, 7) is 1.55. The number of hydrogen-bond acceptors (Lipinski definition) is 7. The molecule has 10 heteroatoms. The first kappa shape index (κ1) is 14.4. The van der Waals surface area contributed by atoms with E-state index in [0.717, 1.165) is 5.03 Å². The number of aromatic amines is 1. The number of aliphatic hydroxyl groups excluding tert-OH is 1. The number of amides is 1. The number of H-pyrrole nitrogens is 1. The van der Waals surface area contributed by atoms with Gasteiger partial charge in [0, 0.05) is 10.7 Å². The van der Waals surface area contributed by atoms with Gasteiger partial charge in [0.05, 0.1) is 18.2 Å². The fraction of sp³-hybridized carbons (Fsp3) is 0.455. The van der Waals surface area contributed by atoms with E-state index < -0.39 is 18.0 Å². The number of hydrogen-bond donors (Lipinski definition) is 3. The van der Waals surface area contributed by atoms with Gasteiger partial charge in [0.15, 0.2) is 0 Å². The number of fused-ring (bicyclic) bond motifs is 1. The lowest BCUT2D eigenvalue weighted by molar-refractivity contribution is -0.156. The van der Waals surface area contributed by atoms with Crippen LogP contribution in [0.15, 0.2) is 21.8 Å². The number of thioether (sulfide) groups is 2. The maximum Gasteiger partial charge on any atom is 0.353 e. The van der Waals surface area contributed by atoms with Crippen molar-refractivity contribution in [3.05, 3.63) is 16.8 Å². The summed E-state index contributed by atoms with van der Waals surface area (Å²) in [5.74, 6) is -1.59. The van der Waals surface area contributed by atoms with Crippen LogP contribution in [0, 0.1) is 5.92 Å². The van der Waals surface area contributed by atoms with Gasteiger partial charge in [-0.25, -0.2) is 4.79 Å². The maximum absolute atomic E-state index is 12.0. The number of carbonyl (C=O) groups excluding carboxylic acids is 1. The van der Waals surface area contributed by atoms with Crippen LogP contribution in [-0.2, 0) is 9.59 Å². The predicted octanol–water partition coefficient (Wildman–Crippen LogP) is 0.105. The van der Waals surface area contributed by atoms with Gasteiger partial charge in [-0.3, -0.25) is 14.8 Å². The summed E-state index contributed by atoms with van der Waals surface area (Å²) in [7, 11) is 0.